The first-order valence-corrected chi connectivity index (χ1v) is 6.91. The number of nitrogens with zero attached hydrogens (tertiary/aromatic N) is 1. The van der Waals surface area contributed by atoms with Crippen LogP contribution in [-0.4, -0.2) is 21.0 Å². The van der Waals surface area contributed by atoms with Gasteiger partial charge in [-0.3, -0.25) is 4.79 Å². The van der Waals surface area contributed by atoms with Gasteiger partial charge in [-0.1, -0.05) is 23.4 Å². The van der Waals surface area contributed by atoms with Crippen LogP contribution < -0.4 is 5.56 Å². The second-order valence-corrected chi connectivity index (χ2v) is 5.69. The Labute approximate surface area is 125 Å². The molecule has 0 saturated carbocycles. The summed E-state index contributed by atoms with van der Waals surface area (Å²) in [7, 11) is 0. The molecular formula is C11H6BrClN2O3S. The number of rotatable bonds is 3. The molecule has 1 heterocycles. The monoisotopic (exact) mass is 360 g/mol. The van der Waals surface area contributed by atoms with Crippen LogP contribution in [0.25, 0.3) is 0 Å². The second kappa shape index (κ2) is 5.77. The van der Waals surface area contributed by atoms with Crippen LogP contribution in [0.1, 0.15) is 10.4 Å². The smallest absolute Gasteiger partial charge is 0.336 e. The number of nitrogens with one attached hydrogen (secondary N) is 1. The van der Waals surface area contributed by atoms with Crippen molar-refractivity contribution >= 4 is 45.3 Å². The standard InChI is InChI=1S/C11H6BrClN2O3S/c12-7-2-1-5(3-6(7)11(17)18)19-10-8(13)9(16)14-4-15-10/h1-4H,(H,17,18)(H,14,15,16). The zero-order valence-corrected chi connectivity index (χ0v) is 12.3. The van der Waals surface area contributed by atoms with E-state index in [1.807, 2.05) is 0 Å². The summed E-state index contributed by atoms with van der Waals surface area (Å²) in [6, 6.07) is 4.81. The predicted molar refractivity (Wildman–Crippen MR) is 75.1 cm³/mol. The first-order valence-electron chi connectivity index (χ1n) is 4.93. The van der Waals surface area contributed by atoms with E-state index < -0.39 is 11.5 Å². The predicted octanol–water partition coefficient (Wildman–Crippen LogP) is 3.04. The van der Waals surface area contributed by atoms with Crippen LogP contribution in [-0.2, 0) is 0 Å². The topological polar surface area (TPSA) is 83.0 Å². The molecular weight excluding hydrogens is 356 g/mol. The number of halogens is 2. The molecule has 0 unspecified atom stereocenters. The van der Waals surface area contributed by atoms with E-state index in [4.69, 9.17) is 16.7 Å². The van der Waals surface area contributed by atoms with Gasteiger partial charge in [-0.05, 0) is 34.1 Å². The first-order chi connectivity index (χ1) is 8.99. The lowest BCUT2D eigenvalue weighted by Gasteiger charge is -2.04. The third-order valence-electron chi connectivity index (χ3n) is 2.15. The summed E-state index contributed by atoms with van der Waals surface area (Å²) in [6.45, 7) is 0. The van der Waals surface area contributed by atoms with Gasteiger partial charge in [0.1, 0.15) is 10.0 Å². The fourth-order valence-corrected chi connectivity index (χ4v) is 2.74. The van der Waals surface area contributed by atoms with Crippen molar-refractivity contribution in [1.29, 1.82) is 0 Å². The largest absolute Gasteiger partial charge is 0.478 e. The number of carbonyl (C=O) groups is 1. The van der Waals surface area contributed by atoms with Gasteiger partial charge in [0.25, 0.3) is 5.56 Å². The molecule has 98 valence electrons. The van der Waals surface area contributed by atoms with E-state index in [2.05, 4.69) is 25.9 Å². The Bertz CT molecular complexity index is 705. The van der Waals surface area contributed by atoms with Crippen molar-refractivity contribution in [3.05, 3.63) is 49.9 Å². The summed E-state index contributed by atoms with van der Waals surface area (Å²) in [5, 5.41) is 9.32. The van der Waals surface area contributed by atoms with Gasteiger partial charge in [0, 0.05) is 9.37 Å². The van der Waals surface area contributed by atoms with Crippen LogP contribution in [0.3, 0.4) is 0 Å². The van der Waals surface area contributed by atoms with Crippen LogP contribution in [0.15, 0.2) is 43.7 Å². The minimum Gasteiger partial charge on any atom is -0.478 e. The fourth-order valence-electron chi connectivity index (χ4n) is 1.28. The number of hydrogen-bond donors (Lipinski definition) is 2. The van der Waals surface area contributed by atoms with E-state index in [0.717, 1.165) is 11.8 Å². The average molecular weight is 362 g/mol. The van der Waals surface area contributed by atoms with Gasteiger partial charge in [-0.25, -0.2) is 9.78 Å². The van der Waals surface area contributed by atoms with Gasteiger partial charge >= 0.3 is 5.97 Å². The fraction of sp³-hybridized carbons (Fsp3) is 0. The average Bonchev–Trinajstić information content (AvgIpc) is 2.37. The van der Waals surface area contributed by atoms with Gasteiger partial charge in [-0.15, -0.1) is 0 Å². The van der Waals surface area contributed by atoms with Crippen molar-refractivity contribution in [3.8, 4) is 0 Å². The summed E-state index contributed by atoms with van der Waals surface area (Å²) in [4.78, 5) is 29.3. The molecule has 1 aromatic carbocycles. The van der Waals surface area contributed by atoms with Gasteiger partial charge in [0.2, 0.25) is 0 Å². The molecule has 2 N–H and O–H groups in total. The maximum Gasteiger partial charge on any atom is 0.336 e. The molecule has 0 spiro atoms. The molecule has 5 nitrogen and oxygen atoms in total. The van der Waals surface area contributed by atoms with Crippen molar-refractivity contribution in [2.24, 2.45) is 0 Å². The molecule has 0 aliphatic rings. The highest BCUT2D eigenvalue weighted by Gasteiger charge is 2.12. The molecule has 0 aliphatic heterocycles. The van der Waals surface area contributed by atoms with Gasteiger partial charge in [0.05, 0.1) is 11.9 Å². The van der Waals surface area contributed by atoms with Crippen LogP contribution in [0.5, 0.6) is 0 Å². The van der Waals surface area contributed by atoms with Crippen molar-refractivity contribution in [3.63, 3.8) is 0 Å². The molecule has 2 rings (SSSR count). The molecule has 0 bridgehead atoms. The molecule has 0 aliphatic carbocycles. The van der Waals surface area contributed by atoms with Crippen molar-refractivity contribution in [2.75, 3.05) is 0 Å². The third-order valence-corrected chi connectivity index (χ3v) is 4.29. The maximum absolute atomic E-state index is 11.3. The molecule has 19 heavy (non-hydrogen) atoms. The molecule has 0 fully saturated rings. The highest BCUT2D eigenvalue weighted by molar-refractivity contribution is 9.10. The minimum absolute atomic E-state index is 0.0210. The molecule has 8 heteroatoms. The maximum atomic E-state index is 11.3. The number of aromatic amines is 1. The number of aromatic nitrogens is 2. The number of carboxylic acids is 1. The molecule has 0 atom stereocenters. The number of H-pyrrole nitrogens is 1. The van der Waals surface area contributed by atoms with Crippen LogP contribution in [0, 0.1) is 0 Å². The van der Waals surface area contributed by atoms with Crippen LogP contribution in [0.4, 0.5) is 0 Å². The van der Waals surface area contributed by atoms with Crippen LogP contribution >= 0.6 is 39.3 Å². The van der Waals surface area contributed by atoms with Crippen molar-refractivity contribution < 1.29 is 9.90 Å². The lowest BCUT2D eigenvalue weighted by molar-refractivity contribution is 0.0695. The number of carboxylic acid groups (broad SMARTS) is 1. The minimum atomic E-state index is -1.04. The first kappa shape index (κ1) is 14.1. The quantitative estimate of drug-likeness (QED) is 0.821. The zero-order valence-electron chi connectivity index (χ0n) is 9.18. The lowest BCUT2D eigenvalue weighted by Crippen LogP contribution is -2.07. The number of benzene rings is 1. The Morgan fingerprint density at radius 1 is 1.47 bits per heavy atom. The van der Waals surface area contributed by atoms with E-state index >= 15 is 0 Å². The molecule has 2 aromatic rings. The van der Waals surface area contributed by atoms with E-state index in [0.29, 0.717) is 14.4 Å². The lowest BCUT2D eigenvalue weighted by atomic mass is 10.2. The van der Waals surface area contributed by atoms with Gasteiger partial charge in [0.15, 0.2) is 0 Å². The summed E-state index contributed by atoms with van der Waals surface area (Å²) >= 11 is 10.1. The van der Waals surface area contributed by atoms with Crippen LogP contribution in [0.2, 0.25) is 5.02 Å². The third kappa shape index (κ3) is 3.17. The number of aromatic carboxylic acids is 1. The van der Waals surface area contributed by atoms with Crippen molar-refractivity contribution in [2.45, 2.75) is 9.92 Å². The molecule has 0 saturated heterocycles. The normalized spacial score (nSPS) is 10.4. The van der Waals surface area contributed by atoms with E-state index in [1.165, 1.54) is 12.4 Å². The number of hydrogen-bond acceptors (Lipinski definition) is 4. The summed E-state index contributed by atoms with van der Waals surface area (Å²) in [5.74, 6) is -1.04. The zero-order chi connectivity index (χ0) is 14.0. The Kier molecular flexibility index (Phi) is 4.28. The summed E-state index contributed by atoms with van der Waals surface area (Å²) < 4.78 is 0.481. The molecule has 0 amide bonds. The highest BCUT2D eigenvalue weighted by atomic mass is 79.9. The van der Waals surface area contributed by atoms with Crippen molar-refractivity contribution in [1.82, 2.24) is 9.97 Å². The van der Waals surface area contributed by atoms with E-state index in [9.17, 15) is 9.59 Å². The Morgan fingerprint density at radius 3 is 2.89 bits per heavy atom. The Morgan fingerprint density at radius 2 is 2.21 bits per heavy atom. The molecule has 1 aromatic heterocycles. The Balaban J connectivity index is 2.39. The van der Waals surface area contributed by atoms with E-state index in [-0.39, 0.29) is 10.6 Å². The SMILES string of the molecule is O=C(O)c1cc(Sc2nc[nH]c(=O)c2Cl)ccc1Br. The Hall–Kier alpha value is -1.31. The highest BCUT2D eigenvalue weighted by Crippen LogP contribution is 2.31. The molecule has 0 radical (unpaired) electrons. The van der Waals surface area contributed by atoms with Gasteiger partial charge < -0.3 is 10.1 Å². The summed E-state index contributed by atoms with van der Waals surface area (Å²) in [6.07, 6.45) is 1.24. The summed E-state index contributed by atoms with van der Waals surface area (Å²) in [5.41, 5.74) is -0.305. The van der Waals surface area contributed by atoms with Gasteiger partial charge in [-0.2, -0.15) is 0 Å². The van der Waals surface area contributed by atoms with E-state index in [1.54, 1.807) is 12.1 Å². The second-order valence-electron chi connectivity index (χ2n) is 3.40.